The number of anilines is 1. The molecule has 4 N–H and O–H groups in total. The highest BCUT2D eigenvalue weighted by molar-refractivity contribution is 6.03. The van der Waals surface area contributed by atoms with Crippen molar-refractivity contribution in [2.75, 3.05) is 24.5 Å². The zero-order chi connectivity index (χ0) is 14.8. The third-order valence-electron chi connectivity index (χ3n) is 4.27. The summed E-state index contributed by atoms with van der Waals surface area (Å²) in [6, 6.07) is 7.62. The minimum Gasteiger partial charge on any atom is -0.371 e. The van der Waals surface area contributed by atoms with E-state index in [1.165, 1.54) is 0 Å². The number of primary amides is 1. The zero-order valence-electron chi connectivity index (χ0n) is 12.0. The summed E-state index contributed by atoms with van der Waals surface area (Å²) in [5.41, 5.74) is 13.6. The van der Waals surface area contributed by atoms with Crippen molar-refractivity contribution in [1.82, 2.24) is 4.98 Å². The molecule has 3 rings (SSSR count). The summed E-state index contributed by atoms with van der Waals surface area (Å²) < 4.78 is 0. The van der Waals surface area contributed by atoms with E-state index in [9.17, 15) is 4.79 Å². The van der Waals surface area contributed by atoms with Gasteiger partial charge in [0, 0.05) is 24.7 Å². The summed E-state index contributed by atoms with van der Waals surface area (Å²) in [6.45, 7) is 2.54. The number of carbonyl (C=O) groups is 1. The Labute approximate surface area is 123 Å². The molecule has 1 aromatic heterocycles. The van der Waals surface area contributed by atoms with Gasteiger partial charge in [0.05, 0.1) is 16.8 Å². The Kier molecular flexibility index (Phi) is 3.75. The first-order valence-corrected chi connectivity index (χ1v) is 7.32. The van der Waals surface area contributed by atoms with Crippen molar-refractivity contribution in [3.63, 3.8) is 0 Å². The molecule has 21 heavy (non-hydrogen) atoms. The van der Waals surface area contributed by atoms with Gasteiger partial charge in [-0.3, -0.25) is 9.78 Å². The van der Waals surface area contributed by atoms with Crippen LogP contribution in [0.1, 0.15) is 23.2 Å². The Morgan fingerprint density at radius 3 is 2.76 bits per heavy atom. The molecule has 0 atom stereocenters. The van der Waals surface area contributed by atoms with Crippen LogP contribution in [-0.4, -0.2) is 30.5 Å². The predicted molar refractivity (Wildman–Crippen MR) is 84.3 cm³/mol. The number of piperidine rings is 1. The fourth-order valence-electron chi connectivity index (χ4n) is 2.98. The molecule has 0 radical (unpaired) electrons. The van der Waals surface area contributed by atoms with E-state index in [1.807, 2.05) is 24.3 Å². The summed E-state index contributed by atoms with van der Waals surface area (Å²) in [4.78, 5) is 18.4. The van der Waals surface area contributed by atoms with Gasteiger partial charge in [0.1, 0.15) is 0 Å². The van der Waals surface area contributed by atoms with Crippen LogP contribution >= 0.6 is 0 Å². The number of amides is 1. The van der Waals surface area contributed by atoms with E-state index in [-0.39, 0.29) is 0 Å². The Bertz CT molecular complexity index is 662. The van der Waals surface area contributed by atoms with Crippen LogP contribution in [0.2, 0.25) is 0 Å². The topological polar surface area (TPSA) is 85.2 Å². The van der Waals surface area contributed by atoms with E-state index in [2.05, 4.69) is 9.88 Å². The number of benzene rings is 1. The van der Waals surface area contributed by atoms with Crippen molar-refractivity contribution in [3.8, 4) is 0 Å². The molecule has 2 heterocycles. The number of fused-ring (bicyclic) bond motifs is 1. The molecular formula is C16H20N4O. The molecule has 0 aliphatic carbocycles. The summed E-state index contributed by atoms with van der Waals surface area (Å²) >= 11 is 0. The first-order valence-electron chi connectivity index (χ1n) is 7.32. The number of carbonyl (C=O) groups excluding carboxylic acids is 1. The molecule has 110 valence electrons. The maximum absolute atomic E-state index is 11.8. The number of hydrogen-bond acceptors (Lipinski definition) is 4. The van der Waals surface area contributed by atoms with Crippen molar-refractivity contribution in [1.29, 1.82) is 0 Å². The standard InChI is InChI=1S/C16H20N4O/c17-10-11-3-6-20(7-4-11)15-9-14-12(2-1-5-19-14)8-13(15)16(18)21/h1-2,5,8-9,11H,3-4,6-7,10,17H2,(H2,18,21). The third-order valence-corrected chi connectivity index (χ3v) is 4.27. The second kappa shape index (κ2) is 5.69. The van der Waals surface area contributed by atoms with Gasteiger partial charge in [0.25, 0.3) is 5.91 Å². The number of rotatable bonds is 3. The van der Waals surface area contributed by atoms with Crippen molar-refractivity contribution >= 4 is 22.5 Å². The van der Waals surface area contributed by atoms with E-state index < -0.39 is 5.91 Å². The minimum absolute atomic E-state index is 0.392. The summed E-state index contributed by atoms with van der Waals surface area (Å²) in [6.07, 6.45) is 3.86. The van der Waals surface area contributed by atoms with Crippen LogP contribution in [0.5, 0.6) is 0 Å². The van der Waals surface area contributed by atoms with E-state index in [0.29, 0.717) is 11.5 Å². The second-order valence-electron chi connectivity index (χ2n) is 5.60. The minimum atomic E-state index is -0.392. The van der Waals surface area contributed by atoms with Crippen LogP contribution in [0.3, 0.4) is 0 Å². The molecule has 5 nitrogen and oxygen atoms in total. The fourth-order valence-corrected chi connectivity index (χ4v) is 2.98. The zero-order valence-corrected chi connectivity index (χ0v) is 12.0. The number of aromatic nitrogens is 1. The number of hydrogen-bond donors (Lipinski definition) is 2. The highest BCUT2D eigenvalue weighted by Crippen LogP contribution is 2.29. The Balaban J connectivity index is 2.00. The number of pyridine rings is 1. The van der Waals surface area contributed by atoms with Gasteiger partial charge in [0.15, 0.2) is 0 Å². The average Bonchev–Trinajstić information content (AvgIpc) is 2.53. The largest absolute Gasteiger partial charge is 0.371 e. The van der Waals surface area contributed by atoms with Gasteiger partial charge < -0.3 is 16.4 Å². The molecule has 1 saturated heterocycles. The molecule has 5 heteroatoms. The first-order chi connectivity index (χ1) is 10.2. The molecule has 0 unspecified atom stereocenters. The van der Waals surface area contributed by atoms with Crippen molar-refractivity contribution in [2.24, 2.45) is 17.4 Å². The van der Waals surface area contributed by atoms with Gasteiger partial charge in [-0.05, 0) is 43.5 Å². The van der Waals surface area contributed by atoms with Crippen LogP contribution in [0.4, 0.5) is 5.69 Å². The predicted octanol–water partition coefficient (Wildman–Crippen LogP) is 1.51. The van der Waals surface area contributed by atoms with Crippen LogP contribution in [-0.2, 0) is 0 Å². The van der Waals surface area contributed by atoms with Crippen molar-refractivity contribution in [2.45, 2.75) is 12.8 Å². The fraction of sp³-hybridized carbons (Fsp3) is 0.375. The molecule has 1 aliphatic rings. The smallest absolute Gasteiger partial charge is 0.250 e. The van der Waals surface area contributed by atoms with E-state index in [4.69, 9.17) is 11.5 Å². The van der Waals surface area contributed by atoms with Crippen LogP contribution in [0, 0.1) is 5.92 Å². The molecule has 1 fully saturated rings. The van der Waals surface area contributed by atoms with E-state index in [1.54, 1.807) is 6.20 Å². The molecule has 0 saturated carbocycles. The number of nitrogens with zero attached hydrogens (tertiary/aromatic N) is 2. The number of nitrogens with two attached hydrogens (primary N) is 2. The van der Waals surface area contributed by atoms with Gasteiger partial charge in [0.2, 0.25) is 0 Å². The molecule has 0 bridgehead atoms. The van der Waals surface area contributed by atoms with Gasteiger partial charge in [-0.1, -0.05) is 6.07 Å². The molecule has 1 amide bonds. The molecule has 2 aromatic rings. The second-order valence-corrected chi connectivity index (χ2v) is 5.60. The Morgan fingerprint density at radius 2 is 2.10 bits per heavy atom. The van der Waals surface area contributed by atoms with Crippen LogP contribution in [0.25, 0.3) is 10.9 Å². The molecular weight excluding hydrogens is 264 g/mol. The van der Waals surface area contributed by atoms with Gasteiger partial charge in [-0.25, -0.2) is 0 Å². The summed E-state index contributed by atoms with van der Waals surface area (Å²) in [5.74, 6) is 0.188. The third kappa shape index (κ3) is 2.69. The summed E-state index contributed by atoms with van der Waals surface area (Å²) in [7, 11) is 0. The highest BCUT2D eigenvalue weighted by Gasteiger charge is 2.22. The SMILES string of the molecule is NCC1CCN(c2cc3ncccc3cc2C(N)=O)CC1. The monoisotopic (exact) mass is 284 g/mol. The molecule has 1 aromatic carbocycles. The molecule has 1 aliphatic heterocycles. The normalized spacial score (nSPS) is 16.3. The van der Waals surface area contributed by atoms with E-state index >= 15 is 0 Å². The van der Waals surface area contributed by atoms with Crippen LogP contribution in [0.15, 0.2) is 30.5 Å². The Morgan fingerprint density at radius 1 is 1.33 bits per heavy atom. The van der Waals surface area contributed by atoms with E-state index in [0.717, 1.165) is 49.1 Å². The van der Waals surface area contributed by atoms with Gasteiger partial charge >= 0.3 is 0 Å². The lowest BCUT2D eigenvalue weighted by atomic mass is 9.95. The van der Waals surface area contributed by atoms with Crippen LogP contribution < -0.4 is 16.4 Å². The average molecular weight is 284 g/mol. The lowest BCUT2D eigenvalue weighted by Crippen LogP contribution is -2.37. The maximum atomic E-state index is 11.8. The Hall–Kier alpha value is -2.14. The van der Waals surface area contributed by atoms with Gasteiger partial charge in [-0.15, -0.1) is 0 Å². The lowest BCUT2D eigenvalue weighted by Gasteiger charge is -2.34. The van der Waals surface area contributed by atoms with Gasteiger partial charge in [-0.2, -0.15) is 0 Å². The quantitative estimate of drug-likeness (QED) is 0.894. The maximum Gasteiger partial charge on any atom is 0.250 e. The lowest BCUT2D eigenvalue weighted by molar-refractivity contribution is 0.100. The summed E-state index contributed by atoms with van der Waals surface area (Å²) in [5, 5.41) is 0.937. The highest BCUT2D eigenvalue weighted by atomic mass is 16.1. The first kappa shape index (κ1) is 13.8. The van der Waals surface area contributed by atoms with Crippen molar-refractivity contribution < 1.29 is 4.79 Å². The van der Waals surface area contributed by atoms with Crippen molar-refractivity contribution in [3.05, 3.63) is 36.0 Å². The molecule has 0 spiro atoms.